The van der Waals surface area contributed by atoms with Gasteiger partial charge in [-0.3, -0.25) is 0 Å². The monoisotopic (exact) mass is 221 g/mol. The van der Waals surface area contributed by atoms with Crippen LogP contribution in [0.5, 0.6) is 0 Å². The minimum Gasteiger partial charge on any atom is -0.394 e. The minimum atomic E-state index is 0.107. The third-order valence-corrected chi connectivity index (χ3v) is 3.10. The minimum absolute atomic E-state index is 0.107. The lowest BCUT2D eigenvalue weighted by molar-refractivity contribution is 0.0968. The molecular weight excluding hydrogens is 202 g/mol. The molecule has 3 nitrogen and oxygen atoms in total. The second-order valence-electron chi connectivity index (χ2n) is 4.15. The fourth-order valence-corrected chi connectivity index (χ4v) is 2.25. The van der Waals surface area contributed by atoms with Gasteiger partial charge >= 0.3 is 0 Å². The van der Waals surface area contributed by atoms with E-state index in [-0.39, 0.29) is 6.61 Å². The van der Waals surface area contributed by atoms with Gasteiger partial charge in [0.25, 0.3) is 0 Å². The van der Waals surface area contributed by atoms with E-state index in [0.717, 1.165) is 19.5 Å². The van der Waals surface area contributed by atoms with Crippen LogP contribution in [0.15, 0.2) is 18.2 Å². The van der Waals surface area contributed by atoms with Crippen LogP contribution >= 0.6 is 0 Å². The number of anilines is 1. The molecule has 0 bridgehead atoms. The molecule has 0 atom stereocenters. The average Bonchev–Trinajstić information content (AvgIpc) is 2.70. The summed E-state index contributed by atoms with van der Waals surface area (Å²) in [6, 6.07) is 6.47. The Morgan fingerprint density at radius 2 is 2.25 bits per heavy atom. The molecule has 88 valence electrons. The number of benzene rings is 1. The van der Waals surface area contributed by atoms with Crippen molar-refractivity contribution in [3.8, 4) is 0 Å². The van der Waals surface area contributed by atoms with E-state index in [2.05, 4.69) is 30.0 Å². The Bertz CT molecular complexity index is 352. The maximum Gasteiger partial charge on any atom is 0.0698 e. The lowest BCUT2D eigenvalue weighted by Crippen LogP contribution is -2.25. The largest absolute Gasteiger partial charge is 0.394 e. The van der Waals surface area contributed by atoms with Crippen LogP contribution in [0, 0.1) is 6.92 Å². The van der Waals surface area contributed by atoms with Crippen LogP contribution in [-0.2, 0) is 11.2 Å². The molecule has 1 aliphatic heterocycles. The van der Waals surface area contributed by atoms with Crippen LogP contribution in [0.25, 0.3) is 0 Å². The lowest BCUT2D eigenvalue weighted by atomic mass is 10.1. The number of hydrogen-bond acceptors (Lipinski definition) is 3. The Morgan fingerprint density at radius 3 is 3.06 bits per heavy atom. The van der Waals surface area contributed by atoms with Crippen molar-refractivity contribution in [1.29, 1.82) is 0 Å². The van der Waals surface area contributed by atoms with E-state index in [1.165, 1.54) is 16.8 Å². The third-order valence-electron chi connectivity index (χ3n) is 3.10. The standard InChI is InChI=1S/C13H19NO2/c1-11-3-2-4-13-12(11)5-6-14(13)7-9-16-10-8-15/h2-4,15H,5-10H2,1H3. The van der Waals surface area contributed by atoms with Crippen molar-refractivity contribution in [1.82, 2.24) is 0 Å². The fraction of sp³-hybridized carbons (Fsp3) is 0.538. The number of aryl methyl sites for hydroxylation is 1. The van der Waals surface area contributed by atoms with Gasteiger partial charge < -0.3 is 14.7 Å². The highest BCUT2D eigenvalue weighted by Gasteiger charge is 2.19. The molecule has 0 amide bonds. The molecule has 1 heterocycles. The van der Waals surface area contributed by atoms with E-state index in [1.54, 1.807) is 0 Å². The summed E-state index contributed by atoms with van der Waals surface area (Å²) in [6.07, 6.45) is 1.14. The molecule has 1 aromatic rings. The predicted octanol–water partition coefficient (Wildman–Crippen LogP) is 1.37. The highest BCUT2D eigenvalue weighted by molar-refractivity contribution is 5.60. The summed E-state index contributed by atoms with van der Waals surface area (Å²) in [5, 5.41) is 8.61. The van der Waals surface area contributed by atoms with Crippen molar-refractivity contribution in [2.45, 2.75) is 13.3 Å². The molecule has 0 spiro atoms. The van der Waals surface area contributed by atoms with Crippen molar-refractivity contribution >= 4 is 5.69 Å². The average molecular weight is 221 g/mol. The first kappa shape index (κ1) is 11.4. The smallest absolute Gasteiger partial charge is 0.0698 e. The quantitative estimate of drug-likeness (QED) is 0.762. The van der Waals surface area contributed by atoms with Crippen molar-refractivity contribution < 1.29 is 9.84 Å². The van der Waals surface area contributed by atoms with E-state index in [4.69, 9.17) is 9.84 Å². The van der Waals surface area contributed by atoms with E-state index >= 15 is 0 Å². The summed E-state index contributed by atoms with van der Waals surface area (Å²) in [5.74, 6) is 0. The normalized spacial score (nSPS) is 14.2. The first-order valence-corrected chi connectivity index (χ1v) is 5.85. The molecule has 0 saturated carbocycles. The van der Waals surface area contributed by atoms with Crippen molar-refractivity contribution in [3.63, 3.8) is 0 Å². The zero-order valence-electron chi connectivity index (χ0n) is 9.78. The molecule has 0 unspecified atom stereocenters. The van der Waals surface area contributed by atoms with Crippen molar-refractivity contribution in [2.75, 3.05) is 37.8 Å². The summed E-state index contributed by atoms with van der Waals surface area (Å²) in [4.78, 5) is 2.36. The molecule has 0 aliphatic carbocycles. The molecule has 0 radical (unpaired) electrons. The number of rotatable bonds is 5. The number of aliphatic hydroxyl groups excluding tert-OH is 1. The maximum absolute atomic E-state index is 8.61. The van der Waals surface area contributed by atoms with Gasteiger partial charge in [0.05, 0.1) is 19.8 Å². The summed E-state index contributed by atoms with van der Waals surface area (Å²) < 4.78 is 5.30. The molecule has 3 heteroatoms. The van der Waals surface area contributed by atoms with Gasteiger partial charge in [0.2, 0.25) is 0 Å². The number of hydrogen-bond donors (Lipinski definition) is 1. The van der Waals surface area contributed by atoms with Gasteiger partial charge in [0.15, 0.2) is 0 Å². The predicted molar refractivity (Wildman–Crippen MR) is 65.0 cm³/mol. The molecule has 0 saturated heterocycles. The summed E-state index contributed by atoms with van der Waals surface area (Å²) in [5.41, 5.74) is 4.22. The first-order valence-electron chi connectivity index (χ1n) is 5.85. The van der Waals surface area contributed by atoms with Crippen molar-refractivity contribution in [2.24, 2.45) is 0 Å². The molecule has 1 aliphatic rings. The van der Waals surface area contributed by atoms with Crippen LogP contribution in [0.2, 0.25) is 0 Å². The molecule has 0 aromatic heterocycles. The van der Waals surface area contributed by atoms with E-state index in [9.17, 15) is 0 Å². The van der Waals surface area contributed by atoms with Gasteiger partial charge in [-0.25, -0.2) is 0 Å². The van der Waals surface area contributed by atoms with Gasteiger partial charge in [-0.15, -0.1) is 0 Å². The Hall–Kier alpha value is -1.06. The van der Waals surface area contributed by atoms with Gasteiger partial charge in [-0.1, -0.05) is 12.1 Å². The second kappa shape index (κ2) is 5.32. The SMILES string of the molecule is Cc1cccc2c1CCN2CCOCCO. The summed E-state index contributed by atoms with van der Waals surface area (Å²) in [7, 11) is 0. The van der Waals surface area contributed by atoms with Gasteiger partial charge in [-0.05, 0) is 30.5 Å². The van der Waals surface area contributed by atoms with Crippen molar-refractivity contribution in [3.05, 3.63) is 29.3 Å². The molecule has 2 rings (SSSR count). The number of fused-ring (bicyclic) bond motifs is 1. The molecule has 1 N–H and O–H groups in total. The van der Waals surface area contributed by atoms with E-state index in [1.807, 2.05) is 0 Å². The Morgan fingerprint density at radius 1 is 1.38 bits per heavy atom. The number of aliphatic hydroxyl groups is 1. The second-order valence-corrected chi connectivity index (χ2v) is 4.15. The summed E-state index contributed by atoms with van der Waals surface area (Å²) >= 11 is 0. The number of ether oxygens (including phenoxy) is 1. The Kier molecular flexibility index (Phi) is 3.80. The van der Waals surface area contributed by atoms with E-state index < -0.39 is 0 Å². The van der Waals surface area contributed by atoms with Crippen LogP contribution in [0.4, 0.5) is 5.69 Å². The van der Waals surface area contributed by atoms with Crippen LogP contribution in [0.3, 0.4) is 0 Å². The van der Waals surface area contributed by atoms with Gasteiger partial charge in [0.1, 0.15) is 0 Å². The van der Waals surface area contributed by atoms with Crippen LogP contribution < -0.4 is 4.90 Å². The van der Waals surface area contributed by atoms with E-state index in [0.29, 0.717) is 13.2 Å². The Balaban J connectivity index is 1.93. The molecule has 0 fully saturated rings. The van der Waals surface area contributed by atoms with Crippen LogP contribution in [-0.4, -0.2) is 38.0 Å². The summed E-state index contributed by atoms with van der Waals surface area (Å²) in [6.45, 7) is 5.40. The maximum atomic E-state index is 8.61. The highest BCUT2D eigenvalue weighted by Crippen LogP contribution is 2.29. The fourth-order valence-electron chi connectivity index (χ4n) is 2.25. The molecule has 1 aromatic carbocycles. The number of nitrogens with zero attached hydrogens (tertiary/aromatic N) is 1. The Labute approximate surface area is 96.6 Å². The molecular formula is C13H19NO2. The first-order chi connectivity index (χ1) is 7.83. The zero-order valence-corrected chi connectivity index (χ0v) is 9.78. The highest BCUT2D eigenvalue weighted by atomic mass is 16.5. The van der Waals surface area contributed by atoms with Crippen LogP contribution in [0.1, 0.15) is 11.1 Å². The van der Waals surface area contributed by atoms with Gasteiger partial charge in [0, 0.05) is 18.8 Å². The third kappa shape index (κ3) is 2.36. The van der Waals surface area contributed by atoms with Gasteiger partial charge in [-0.2, -0.15) is 0 Å². The lowest BCUT2D eigenvalue weighted by Gasteiger charge is -2.19. The topological polar surface area (TPSA) is 32.7 Å². The zero-order chi connectivity index (χ0) is 11.4. The molecule has 16 heavy (non-hydrogen) atoms.